The Morgan fingerprint density at radius 2 is 0.857 bits per heavy atom. The number of ether oxygens (including phenoxy) is 1. The third-order valence-corrected chi connectivity index (χ3v) is 12.5. The fourth-order valence-corrected chi connectivity index (χ4v) is 8.38. The molecule has 0 bridgehead atoms. The molecular weight excluding hydrogens is 779 g/mol. The predicted molar refractivity (Wildman–Crippen MR) is 273 cm³/mol. The van der Waals surface area contributed by atoms with Gasteiger partial charge in [-0.25, -0.2) is 0 Å². The van der Waals surface area contributed by atoms with Crippen LogP contribution in [0.5, 0.6) is 0 Å². The van der Waals surface area contributed by atoms with Gasteiger partial charge in [-0.3, -0.25) is 9.59 Å². The highest BCUT2D eigenvalue weighted by atomic mass is 16.5. The molecule has 0 heterocycles. The van der Waals surface area contributed by atoms with E-state index in [2.05, 4.69) is 50.4 Å². The number of carbonyl (C=O) groups is 2. The summed E-state index contributed by atoms with van der Waals surface area (Å²) in [7, 11) is 0. The lowest BCUT2D eigenvalue weighted by atomic mass is 10.0. The molecule has 0 aromatic heterocycles. The lowest BCUT2D eigenvalue weighted by Crippen LogP contribution is -2.46. The van der Waals surface area contributed by atoms with Crippen molar-refractivity contribution in [2.75, 3.05) is 6.61 Å². The molecule has 0 aromatic rings. The normalized spacial score (nSPS) is 13.5. The minimum absolute atomic E-state index is 0.0541. The van der Waals surface area contributed by atoms with Gasteiger partial charge in [0, 0.05) is 6.42 Å². The minimum Gasteiger partial charge on any atom is -0.462 e. The molecule has 0 rings (SSSR count). The molecule has 0 radical (unpaired) electrons. The van der Waals surface area contributed by atoms with Gasteiger partial charge >= 0.3 is 5.97 Å². The number of hydrogen-bond donors (Lipinski definition) is 3. The highest BCUT2D eigenvalue weighted by Crippen LogP contribution is 2.18. The summed E-state index contributed by atoms with van der Waals surface area (Å²) in [5.74, 6) is -0.502. The van der Waals surface area contributed by atoms with Crippen molar-refractivity contribution >= 4 is 11.9 Å². The van der Waals surface area contributed by atoms with Crippen molar-refractivity contribution in [1.82, 2.24) is 5.32 Å². The summed E-state index contributed by atoms with van der Waals surface area (Å²) in [5.41, 5.74) is 0. The number of rotatable bonds is 49. The SMILES string of the molecule is CC/C=C/C=C/C=C/C=C\CCCCCC(CC(=O)NC(CO)C(O)CCCCCCCCCCCCCCCCC)OC(=O)CCCCCCCCCCCCCCCCCC. The van der Waals surface area contributed by atoms with Crippen LogP contribution in [-0.2, 0) is 14.3 Å². The summed E-state index contributed by atoms with van der Waals surface area (Å²) in [6.07, 6.45) is 61.8. The highest BCUT2D eigenvalue weighted by molar-refractivity contribution is 5.77. The zero-order valence-electron chi connectivity index (χ0n) is 42.0. The first kappa shape index (κ1) is 60.8. The van der Waals surface area contributed by atoms with Crippen LogP contribution < -0.4 is 5.32 Å². The number of carbonyl (C=O) groups excluding carboxylic acids is 2. The van der Waals surface area contributed by atoms with Crippen molar-refractivity contribution in [3.63, 3.8) is 0 Å². The second-order valence-corrected chi connectivity index (χ2v) is 18.7. The molecule has 3 unspecified atom stereocenters. The van der Waals surface area contributed by atoms with Gasteiger partial charge in [-0.1, -0.05) is 268 Å². The van der Waals surface area contributed by atoms with Crippen molar-refractivity contribution < 1.29 is 24.5 Å². The topological polar surface area (TPSA) is 95.9 Å². The van der Waals surface area contributed by atoms with Crippen molar-refractivity contribution in [3.05, 3.63) is 48.6 Å². The number of unbranched alkanes of at least 4 members (excludes halogenated alkanes) is 32. The third kappa shape index (κ3) is 46.2. The maximum atomic E-state index is 13.2. The van der Waals surface area contributed by atoms with Crippen LogP contribution in [0.4, 0.5) is 0 Å². The molecule has 0 saturated carbocycles. The molecule has 368 valence electrons. The van der Waals surface area contributed by atoms with Gasteiger partial charge in [-0.05, 0) is 44.9 Å². The molecule has 0 aliphatic carbocycles. The monoisotopic (exact) mass is 884 g/mol. The average Bonchev–Trinajstić information content (AvgIpc) is 3.28. The summed E-state index contributed by atoms with van der Waals surface area (Å²) in [6.45, 7) is 6.36. The Morgan fingerprint density at radius 3 is 1.30 bits per heavy atom. The average molecular weight is 884 g/mol. The van der Waals surface area contributed by atoms with Gasteiger partial charge in [0.05, 0.1) is 25.2 Å². The highest BCUT2D eigenvalue weighted by Gasteiger charge is 2.24. The summed E-state index contributed by atoms with van der Waals surface area (Å²) < 4.78 is 5.93. The quantitative estimate of drug-likeness (QED) is 0.0321. The van der Waals surface area contributed by atoms with Crippen molar-refractivity contribution in [2.24, 2.45) is 0 Å². The Labute approximate surface area is 391 Å². The van der Waals surface area contributed by atoms with Gasteiger partial charge in [0.25, 0.3) is 0 Å². The Bertz CT molecular complexity index is 1080. The maximum absolute atomic E-state index is 13.2. The summed E-state index contributed by atoms with van der Waals surface area (Å²) in [6, 6.07) is -0.713. The Hall–Kier alpha value is -2.18. The summed E-state index contributed by atoms with van der Waals surface area (Å²) in [5, 5.41) is 23.8. The molecule has 0 saturated heterocycles. The van der Waals surface area contributed by atoms with Gasteiger partial charge in [-0.15, -0.1) is 0 Å². The molecule has 3 N–H and O–H groups in total. The lowest BCUT2D eigenvalue weighted by Gasteiger charge is -2.24. The zero-order chi connectivity index (χ0) is 45.9. The number of allylic oxidation sites excluding steroid dienone is 8. The smallest absolute Gasteiger partial charge is 0.306 e. The van der Waals surface area contributed by atoms with Crippen LogP contribution in [-0.4, -0.2) is 46.9 Å². The molecule has 0 fully saturated rings. The largest absolute Gasteiger partial charge is 0.462 e. The van der Waals surface area contributed by atoms with E-state index in [9.17, 15) is 19.8 Å². The summed E-state index contributed by atoms with van der Waals surface area (Å²) >= 11 is 0. The molecule has 63 heavy (non-hydrogen) atoms. The van der Waals surface area contributed by atoms with Crippen LogP contribution in [0.1, 0.15) is 278 Å². The van der Waals surface area contributed by atoms with Crippen LogP contribution in [0.15, 0.2) is 48.6 Å². The van der Waals surface area contributed by atoms with Gasteiger partial charge in [0.1, 0.15) is 6.10 Å². The Morgan fingerprint density at radius 1 is 0.476 bits per heavy atom. The summed E-state index contributed by atoms with van der Waals surface area (Å²) in [4.78, 5) is 26.2. The van der Waals surface area contributed by atoms with E-state index >= 15 is 0 Å². The fourth-order valence-electron chi connectivity index (χ4n) is 8.38. The first-order valence-electron chi connectivity index (χ1n) is 27.4. The van der Waals surface area contributed by atoms with Gasteiger partial charge in [-0.2, -0.15) is 0 Å². The van der Waals surface area contributed by atoms with E-state index in [1.807, 2.05) is 24.3 Å². The van der Waals surface area contributed by atoms with E-state index in [4.69, 9.17) is 4.74 Å². The van der Waals surface area contributed by atoms with Crippen LogP contribution in [0.3, 0.4) is 0 Å². The van der Waals surface area contributed by atoms with E-state index in [1.54, 1.807) is 0 Å². The number of hydrogen-bond acceptors (Lipinski definition) is 5. The predicted octanol–water partition coefficient (Wildman–Crippen LogP) is 16.6. The van der Waals surface area contributed by atoms with Crippen molar-refractivity contribution in [1.29, 1.82) is 0 Å². The molecular formula is C57H105NO5. The van der Waals surface area contributed by atoms with Gasteiger partial charge < -0.3 is 20.3 Å². The Kier molecular flexibility index (Phi) is 49.1. The number of nitrogens with one attached hydrogen (secondary N) is 1. The molecule has 3 atom stereocenters. The van der Waals surface area contributed by atoms with E-state index in [-0.39, 0.29) is 24.9 Å². The Balaban J connectivity index is 4.56. The van der Waals surface area contributed by atoms with E-state index < -0.39 is 18.2 Å². The molecule has 0 aliphatic heterocycles. The minimum atomic E-state index is -0.798. The second kappa shape index (κ2) is 50.8. The van der Waals surface area contributed by atoms with Crippen LogP contribution in [0.25, 0.3) is 0 Å². The van der Waals surface area contributed by atoms with E-state index in [0.29, 0.717) is 19.3 Å². The van der Waals surface area contributed by atoms with Crippen LogP contribution in [0, 0.1) is 0 Å². The van der Waals surface area contributed by atoms with Gasteiger partial charge in [0.2, 0.25) is 5.91 Å². The molecule has 6 heteroatoms. The molecule has 6 nitrogen and oxygen atoms in total. The van der Waals surface area contributed by atoms with Crippen molar-refractivity contribution in [3.8, 4) is 0 Å². The molecule has 0 spiro atoms. The molecule has 0 aromatic carbocycles. The van der Waals surface area contributed by atoms with Crippen LogP contribution in [0.2, 0.25) is 0 Å². The fraction of sp³-hybridized carbons (Fsp3) is 0.825. The standard InChI is InChI=1S/C57H105NO5/c1-4-7-10-13-16-19-22-25-27-29-32-35-38-41-44-47-50-57(62)63-53(48-45-42-39-36-33-30-24-21-18-15-12-9-6-3)51-56(61)58-54(52-59)55(60)49-46-43-40-37-34-31-28-26-23-20-17-14-11-8-5-2/h9,12,15,18,21,24,30,33,53-55,59-60H,4-8,10-11,13-14,16-17,19-20,22-23,25-29,31-32,34-52H2,1-3H3,(H,58,61)/b12-9+,18-15+,24-21+,33-30-. The first-order valence-corrected chi connectivity index (χ1v) is 27.4. The molecule has 1 amide bonds. The number of esters is 1. The van der Waals surface area contributed by atoms with E-state index in [1.165, 1.54) is 161 Å². The lowest BCUT2D eigenvalue weighted by molar-refractivity contribution is -0.151. The first-order chi connectivity index (χ1) is 31.0. The number of aliphatic hydroxyl groups excluding tert-OH is 2. The number of amides is 1. The second-order valence-electron chi connectivity index (χ2n) is 18.7. The maximum Gasteiger partial charge on any atom is 0.306 e. The third-order valence-electron chi connectivity index (χ3n) is 12.5. The van der Waals surface area contributed by atoms with Crippen molar-refractivity contribution in [2.45, 2.75) is 296 Å². The van der Waals surface area contributed by atoms with Crippen LogP contribution >= 0.6 is 0 Å². The zero-order valence-corrected chi connectivity index (χ0v) is 42.0. The van der Waals surface area contributed by atoms with Gasteiger partial charge in [0.15, 0.2) is 0 Å². The number of aliphatic hydroxyl groups is 2. The molecule has 0 aliphatic rings. The van der Waals surface area contributed by atoms with E-state index in [0.717, 1.165) is 70.6 Å².